The molecule has 0 bridgehead atoms. The number of furan rings is 1. The van der Waals surface area contributed by atoms with Gasteiger partial charge in [0.1, 0.15) is 19.0 Å². The van der Waals surface area contributed by atoms with Gasteiger partial charge in [-0.2, -0.15) is 5.10 Å². The lowest BCUT2D eigenvalue weighted by molar-refractivity contribution is 0.0953. The van der Waals surface area contributed by atoms with Crippen LogP contribution in [0.4, 0.5) is 0 Å². The van der Waals surface area contributed by atoms with E-state index in [1.54, 1.807) is 19.2 Å². The molecule has 21 heavy (non-hydrogen) atoms. The van der Waals surface area contributed by atoms with Crippen molar-refractivity contribution in [3.05, 3.63) is 47.4 Å². The SMILES string of the molecule is Cc1occc1C(=O)N/N=C\c1ccc2c(c1)OCCO2. The van der Waals surface area contributed by atoms with Crippen molar-refractivity contribution >= 4 is 12.1 Å². The molecule has 6 heteroatoms. The van der Waals surface area contributed by atoms with E-state index in [1.165, 1.54) is 6.26 Å². The molecule has 1 amide bonds. The second-order valence-electron chi connectivity index (χ2n) is 4.49. The molecule has 0 saturated carbocycles. The van der Waals surface area contributed by atoms with Gasteiger partial charge in [0.15, 0.2) is 11.5 Å². The van der Waals surface area contributed by atoms with E-state index in [1.807, 2.05) is 18.2 Å². The van der Waals surface area contributed by atoms with Crippen molar-refractivity contribution in [2.75, 3.05) is 13.2 Å². The Labute approximate surface area is 121 Å². The lowest BCUT2D eigenvalue weighted by Crippen LogP contribution is -2.18. The van der Waals surface area contributed by atoms with Crippen LogP contribution in [0.15, 0.2) is 40.0 Å². The van der Waals surface area contributed by atoms with E-state index < -0.39 is 0 Å². The largest absolute Gasteiger partial charge is 0.486 e. The molecule has 0 saturated heterocycles. The number of carbonyl (C=O) groups excluding carboxylic acids is 1. The van der Waals surface area contributed by atoms with Gasteiger partial charge in [-0.1, -0.05) is 0 Å². The molecule has 1 N–H and O–H groups in total. The van der Waals surface area contributed by atoms with Crippen molar-refractivity contribution < 1.29 is 18.7 Å². The highest BCUT2D eigenvalue weighted by Gasteiger charge is 2.12. The molecule has 0 unspecified atom stereocenters. The van der Waals surface area contributed by atoms with Crippen molar-refractivity contribution in [3.8, 4) is 11.5 Å². The summed E-state index contributed by atoms with van der Waals surface area (Å²) in [7, 11) is 0. The Morgan fingerprint density at radius 1 is 1.24 bits per heavy atom. The minimum atomic E-state index is -0.310. The molecule has 3 rings (SSSR count). The van der Waals surface area contributed by atoms with Gasteiger partial charge in [-0.25, -0.2) is 5.43 Å². The van der Waals surface area contributed by atoms with E-state index in [-0.39, 0.29) is 5.91 Å². The Balaban J connectivity index is 1.66. The summed E-state index contributed by atoms with van der Waals surface area (Å²) in [5.74, 6) is 1.65. The van der Waals surface area contributed by atoms with Gasteiger partial charge < -0.3 is 13.9 Å². The van der Waals surface area contributed by atoms with Crippen molar-refractivity contribution in [2.24, 2.45) is 5.10 Å². The van der Waals surface area contributed by atoms with Gasteiger partial charge in [-0.3, -0.25) is 4.79 Å². The molecular formula is C15H14N2O4. The number of benzene rings is 1. The molecular weight excluding hydrogens is 272 g/mol. The molecule has 0 fully saturated rings. The van der Waals surface area contributed by atoms with E-state index in [0.29, 0.717) is 30.3 Å². The number of amides is 1. The molecule has 1 aliphatic heterocycles. The van der Waals surface area contributed by atoms with Crippen LogP contribution < -0.4 is 14.9 Å². The topological polar surface area (TPSA) is 73.1 Å². The Hall–Kier alpha value is -2.76. The number of hydrazone groups is 1. The van der Waals surface area contributed by atoms with E-state index in [0.717, 1.165) is 11.3 Å². The summed E-state index contributed by atoms with van der Waals surface area (Å²) in [6.45, 7) is 2.81. The van der Waals surface area contributed by atoms with E-state index in [9.17, 15) is 4.79 Å². The molecule has 1 aromatic carbocycles. The number of fused-ring (bicyclic) bond motifs is 1. The number of nitrogens with one attached hydrogen (secondary N) is 1. The van der Waals surface area contributed by atoms with Crippen LogP contribution in [0.3, 0.4) is 0 Å². The maximum absolute atomic E-state index is 11.8. The highest BCUT2D eigenvalue weighted by atomic mass is 16.6. The normalized spacial score (nSPS) is 13.4. The van der Waals surface area contributed by atoms with Crippen molar-refractivity contribution in [3.63, 3.8) is 0 Å². The highest BCUT2D eigenvalue weighted by Crippen LogP contribution is 2.30. The molecule has 0 atom stereocenters. The molecule has 1 aromatic heterocycles. The van der Waals surface area contributed by atoms with Crippen molar-refractivity contribution in [1.82, 2.24) is 5.43 Å². The number of nitrogens with zero attached hydrogens (tertiary/aromatic N) is 1. The smallest absolute Gasteiger partial charge is 0.274 e. The second kappa shape index (κ2) is 5.70. The summed E-state index contributed by atoms with van der Waals surface area (Å²) >= 11 is 0. The molecule has 0 radical (unpaired) electrons. The second-order valence-corrected chi connectivity index (χ2v) is 4.49. The molecule has 1 aliphatic rings. The molecule has 2 heterocycles. The Kier molecular flexibility index (Phi) is 3.59. The fraction of sp³-hybridized carbons (Fsp3) is 0.200. The summed E-state index contributed by atoms with van der Waals surface area (Å²) in [6, 6.07) is 7.07. The van der Waals surface area contributed by atoms with Crippen molar-refractivity contribution in [1.29, 1.82) is 0 Å². The number of ether oxygens (including phenoxy) is 2. The standard InChI is InChI=1S/C15H14N2O4/c1-10-12(4-5-19-10)15(18)17-16-9-11-2-3-13-14(8-11)21-7-6-20-13/h2-5,8-9H,6-7H2,1H3,(H,17,18)/b16-9-. The minimum Gasteiger partial charge on any atom is -0.486 e. The molecule has 2 aromatic rings. The van der Waals surface area contributed by atoms with Crippen LogP contribution in [-0.2, 0) is 0 Å². The minimum absolute atomic E-state index is 0.310. The number of rotatable bonds is 3. The monoisotopic (exact) mass is 286 g/mol. The van der Waals surface area contributed by atoms with Crippen LogP contribution in [0.2, 0.25) is 0 Å². The zero-order chi connectivity index (χ0) is 14.7. The maximum Gasteiger partial charge on any atom is 0.274 e. The summed E-state index contributed by atoms with van der Waals surface area (Å²) in [6.07, 6.45) is 3.01. The third-order valence-corrected chi connectivity index (χ3v) is 3.05. The molecule has 0 spiro atoms. The lowest BCUT2D eigenvalue weighted by atomic mass is 10.2. The van der Waals surface area contributed by atoms with E-state index in [4.69, 9.17) is 13.9 Å². The quantitative estimate of drug-likeness (QED) is 0.693. The molecule has 0 aliphatic carbocycles. The van der Waals surface area contributed by atoms with Crippen molar-refractivity contribution in [2.45, 2.75) is 6.92 Å². The van der Waals surface area contributed by atoms with Crippen LogP contribution in [0.5, 0.6) is 11.5 Å². The lowest BCUT2D eigenvalue weighted by Gasteiger charge is -2.18. The predicted octanol–water partition coefficient (Wildman–Crippen LogP) is 2.12. The molecule has 6 nitrogen and oxygen atoms in total. The van der Waals surface area contributed by atoms with Crippen LogP contribution in [0, 0.1) is 6.92 Å². The Bertz CT molecular complexity index is 691. The number of carbonyl (C=O) groups is 1. The number of hydrogen-bond acceptors (Lipinski definition) is 5. The maximum atomic E-state index is 11.8. The summed E-state index contributed by atoms with van der Waals surface area (Å²) in [5, 5.41) is 3.92. The Morgan fingerprint density at radius 3 is 2.81 bits per heavy atom. The van der Waals surface area contributed by atoms with E-state index in [2.05, 4.69) is 10.5 Å². The average molecular weight is 286 g/mol. The summed E-state index contributed by atoms with van der Waals surface area (Å²) in [5.41, 5.74) is 3.73. The first-order valence-corrected chi connectivity index (χ1v) is 6.51. The van der Waals surface area contributed by atoms with Crippen LogP contribution >= 0.6 is 0 Å². The highest BCUT2D eigenvalue weighted by molar-refractivity contribution is 5.95. The first kappa shape index (κ1) is 13.2. The summed E-state index contributed by atoms with van der Waals surface area (Å²) < 4.78 is 16.0. The van der Waals surface area contributed by atoms with Crippen LogP contribution in [0.1, 0.15) is 21.7 Å². The third-order valence-electron chi connectivity index (χ3n) is 3.05. The number of hydrogen-bond donors (Lipinski definition) is 1. The van der Waals surface area contributed by atoms with Gasteiger partial charge >= 0.3 is 0 Å². The van der Waals surface area contributed by atoms with Crippen LogP contribution in [0.25, 0.3) is 0 Å². The number of aryl methyl sites for hydroxylation is 1. The fourth-order valence-electron chi connectivity index (χ4n) is 1.99. The zero-order valence-corrected chi connectivity index (χ0v) is 11.5. The van der Waals surface area contributed by atoms with E-state index >= 15 is 0 Å². The van der Waals surface area contributed by atoms with Crippen LogP contribution in [-0.4, -0.2) is 25.3 Å². The van der Waals surface area contributed by atoms with Gasteiger partial charge in [-0.05, 0) is 36.8 Å². The van der Waals surface area contributed by atoms with Gasteiger partial charge in [0.25, 0.3) is 5.91 Å². The molecule has 108 valence electrons. The van der Waals surface area contributed by atoms with Gasteiger partial charge in [0.2, 0.25) is 0 Å². The average Bonchev–Trinajstić information content (AvgIpc) is 2.93. The van der Waals surface area contributed by atoms with Gasteiger partial charge in [-0.15, -0.1) is 0 Å². The zero-order valence-electron chi connectivity index (χ0n) is 11.5. The first-order chi connectivity index (χ1) is 10.2. The Morgan fingerprint density at radius 2 is 2.05 bits per heavy atom. The predicted molar refractivity (Wildman–Crippen MR) is 75.9 cm³/mol. The van der Waals surface area contributed by atoms with Gasteiger partial charge in [0, 0.05) is 0 Å². The first-order valence-electron chi connectivity index (χ1n) is 6.51. The van der Waals surface area contributed by atoms with Gasteiger partial charge in [0.05, 0.1) is 18.0 Å². The fourth-order valence-corrected chi connectivity index (χ4v) is 1.99. The summed E-state index contributed by atoms with van der Waals surface area (Å²) in [4.78, 5) is 11.8. The third kappa shape index (κ3) is 2.89.